The summed E-state index contributed by atoms with van der Waals surface area (Å²) in [5.74, 6) is 2.67. The molecule has 0 aliphatic rings. The van der Waals surface area contributed by atoms with E-state index in [0.29, 0.717) is 23.1 Å². The van der Waals surface area contributed by atoms with Gasteiger partial charge in [0.15, 0.2) is 11.6 Å². The molecule has 0 aliphatic carbocycles. The molecule has 33 heavy (non-hydrogen) atoms. The number of hydrogen-bond acceptors (Lipinski definition) is 7. The van der Waals surface area contributed by atoms with Crippen molar-refractivity contribution in [2.75, 3.05) is 17.7 Å². The smallest absolute Gasteiger partial charge is 0.410 e. The highest BCUT2D eigenvalue weighted by Gasteiger charge is 2.21. The summed E-state index contributed by atoms with van der Waals surface area (Å²) >= 11 is 0. The molecule has 1 aromatic carbocycles. The third kappa shape index (κ3) is 8.32. The molecule has 3 rings (SSSR count). The van der Waals surface area contributed by atoms with Gasteiger partial charge in [0.1, 0.15) is 17.3 Å². The van der Waals surface area contributed by atoms with Gasteiger partial charge in [-0.15, -0.1) is 0 Å². The second kappa shape index (κ2) is 10.7. The summed E-state index contributed by atoms with van der Waals surface area (Å²) < 4.78 is 15.3. The van der Waals surface area contributed by atoms with Crippen LogP contribution in [0.4, 0.5) is 21.2 Å². The van der Waals surface area contributed by atoms with Crippen molar-refractivity contribution in [2.24, 2.45) is 0 Å². The topological polar surface area (TPSA) is 132 Å². The first-order valence-corrected chi connectivity index (χ1v) is 10.4. The van der Waals surface area contributed by atoms with Crippen LogP contribution in [0.2, 0.25) is 0 Å². The van der Waals surface area contributed by atoms with Crippen LogP contribution in [0.3, 0.4) is 0 Å². The Morgan fingerprint density at radius 3 is 1.73 bits per heavy atom. The summed E-state index contributed by atoms with van der Waals surface area (Å²) in [6, 6.07) is 11.9. The fourth-order valence-electron chi connectivity index (χ4n) is 2.28. The normalized spacial score (nSPS) is 11.1. The maximum Gasteiger partial charge on any atom is 0.418 e. The molecule has 2 heterocycles. The largest absolute Gasteiger partial charge is 0.418 e. The van der Waals surface area contributed by atoms with E-state index in [-0.39, 0.29) is 16.9 Å². The summed E-state index contributed by atoms with van der Waals surface area (Å²) in [4.78, 5) is 22.6. The molecule has 0 aliphatic heterocycles. The molecule has 0 saturated carbocycles. The molecule has 3 N–H and O–H groups in total. The lowest BCUT2D eigenvalue weighted by molar-refractivity contribution is 0.215. The van der Waals surface area contributed by atoms with E-state index < -0.39 is 6.09 Å². The number of para-hydroxylation sites is 1. The molecule has 0 bridgehead atoms. The Labute approximate surface area is 193 Å². The molecule has 0 radical (unpaired) electrons. The number of carbonyl (C=O) groups excluding carboxylic acids is 2. The van der Waals surface area contributed by atoms with Gasteiger partial charge in [-0.2, -0.15) is 0 Å². The van der Waals surface area contributed by atoms with Crippen LogP contribution < -0.4 is 20.7 Å². The van der Waals surface area contributed by atoms with E-state index in [9.17, 15) is 9.59 Å². The van der Waals surface area contributed by atoms with Crippen LogP contribution in [0.15, 0.2) is 51.5 Å². The van der Waals surface area contributed by atoms with Gasteiger partial charge in [-0.25, -0.2) is 9.59 Å². The van der Waals surface area contributed by atoms with Crippen LogP contribution in [0, 0.1) is 0 Å². The monoisotopic (exact) mass is 457 g/mol. The summed E-state index contributed by atoms with van der Waals surface area (Å²) in [5, 5.41) is 15.0. The maximum absolute atomic E-state index is 11.6. The standard InChI is InChI=1S/C14H16N2O3.C9H15N3O2/c1-14(2,3)11-9-12(16-19-11)15-13(17)18-10-7-5-4-6-8-10;1-9(2,3)6-5-7(12-14-6)11-8(13)10-4/h4-9H,1-3H3,(H,15,16,17);5H,1-4H3,(H2,10,11,12,13). The molecule has 0 atom stereocenters. The lowest BCUT2D eigenvalue weighted by atomic mass is 9.93. The molecule has 3 amide bonds. The minimum atomic E-state index is -0.597. The highest BCUT2D eigenvalue weighted by atomic mass is 16.6. The Morgan fingerprint density at radius 1 is 0.818 bits per heavy atom. The zero-order valence-corrected chi connectivity index (χ0v) is 20.0. The van der Waals surface area contributed by atoms with Gasteiger partial charge in [0.2, 0.25) is 0 Å². The fraction of sp³-hybridized carbons (Fsp3) is 0.391. The van der Waals surface area contributed by atoms with Gasteiger partial charge in [0.25, 0.3) is 0 Å². The van der Waals surface area contributed by atoms with E-state index in [0.717, 1.165) is 5.76 Å². The highest BCUT2D eigenvalue weighted by molar-refractivity contribution is 5.87. The summed E-state index contributed by atoms with van der Waals surface area (Å²) in [5.41, 5.74) is -0.258. The number of benzene rings is 1. The lowest BCUT2D eigenvalue weighted by Crippen LogP contribution is -2.24. The zero-order chi connectivity index (χ0) is 24.6. The lowest BCUT2D eigenvalue weighted by Gasteiger charge is -2.12. The molecule has 0 spiro atoms. The van der Waals surface area contributed by atoms with E-state index >= 15 is 0 Å². The fourth-order valence-corrected chi connectivity index (χ4v) is 2.28. The predicted octanol–water partition coefficient (Wildman–Crippen LogP) is 5.31. The van der Waals surface area contributed by atoms with Gasteiger partial charge < -0.3 is 19.1 Å². The Kier molecular flexibility index (Phi) is 8.22. The predicted molar refractivity (Wildman–Crippen MR) is 125 cm³/mol. The van der Waals surface area contributed by atoms with E-state index in [1.807, 2.05) is 47.6 Å². The molecular formula is C23H31N5O5. The van der Waals surface area contributed by atoms with Crippen molar-refractivity contribution < 1.29 is 23.4 Å². The number of rotatable bonds is 3. The maximum atomic E-state index is 11.6. The number of ether oxygens (including phenoxy) is 1. The van der Waals surface area contributed by atoms with Crippen molar-refractivity contribution in [3.8, 4) is 5.75 Å². The number of hydrogen-bond donors (Lipinski definition) is 3. The molecular weight excluding hydrogens is 426 g/mol. The second-order valence-electron chi connectivity index (χ2n) is 9.18. The summed E-state index contributed by atoms with van der Waals surface area (Å²) in [6.45, 7) is 12.0. The van der Waals surface area contributed by atoms with Crippen molar-refractivity contribution >= 4 is 23.8 Å². The first-order valence-electron chi connectivity index (χ1n) is 10.4. The number of urea groups is 1. The molecule has 10 nitrogen and oxygen atoms in total. The molecule has 3 aromatic rings. The van der Waals surface area contributed by atoms with E-state index in [1.165, 1.54) is 0 Å². The quantitative estimate of drug-likeness (QED) is 0.486. The Morgan fingerprint density at radius 2 is 1.30 bits per heavy atom. The van der Waals surface area contributed by atoms with Crippen LogP contribution >= 0.6 is 0 Å². The number of aromatic nitrogens is 2. The minimum absolute atomic E-state index is 0.102. The summed E-state index contributed by atoms with van der Waals surface area (Å²) in [6.07, 6.45) is -0.597. The highest BCUT2D eigenvalue weighted by Crippen LogP contribution is 2.25. The number of carbonyl (C=O) groups is 2. The Balaban J connectivity index is 0.000000245. The second-order valence-corrected chi connectivity index (χ2v) is 9.18. The average Bonchev–Trinajstić information content (AvgIpc) is 3.38. The number of nitrogens with one attached hydrogen (secondary N) is 3. The first kappa shape index (κ1) is 25.4. The first-order chi connectivity index (χ1) is 15.4. The van der Waals surface area contributed by atoms with Gasteiger partial charge >= 0.3 is 12.1 Å². The molecule has 0 unspecified atom stereocenters. The van der Waals surface area contributed by atoms with Crippen LogP contribution in [-0.4, -0.2) is 29.5 Å². The molecule has 0 fully saturated rings. The van der Waals surface area contributed by atoms with Crippen molar-refractivity contribution in [2.45, 2.75) is 52.4 Å². The van der Waals surface area contributed by atoms with E-state index in [4.69, 9.17) is 13.8 Å². The van der Waals surface area contributed by atoms with Gasteiger partial charge in [0.05, 0.1) is 0 Å². The van der Waals surface area contributed by atoms with Crippen LogP contribution in [-0.2, 0) is 10.8 Å². The van der Waals surface area contributed by atoms with Crippen molar-refractivity contribution in [1.29, 1.82) is 0 Å². The van der Waals surface area contributed by atoms with Crippen LogP contribution in [0.1, 0.15) is 53.1 Å². The molecule has 10 heteroatoms. The number of anilines is 2. The van der Waals surface area contributed by atoms with E-state index in [1.54, 1.807) is 43.4 Å². The summed E-state index contributed by atoms with van der Waals surface area (Å²) in [7, 11) is 1.54. The zero-order valence-electron chi connectivity index (χ0n) is 20.0. The minimum Gasteiger partial charge on any atom is -0.410 e. The van der Waals surface area contributed by atoms with Crippen molar-refractivity contribution in [3.05, 3.63) is 54.0 Å². The van der Waals surface area contributed by atoms with Crippen LogP contribution in [0.25, 0.3) is 0 Å². The third-order valence-corrected chi connectivity index (χ3v) is 4.15. The Bertz CT molecular complexity index is 1050. The van der Waals surface area contributed by atoms with Crippen LogP contribution in [0.5, 0.6) is 5.75 Å². The van der Waals surface area contributed by atoms with E-state index in [2.05, 4.69) is 26.3 Å². The van der Waals surface area contributed by atoms with Gasteiger partial charge in [0, 0.05) is 30.0 Å². The van der Waals surface area contributed by atoms with Gasteiger partial charge in [-0.05, 0) is 12.1 Å². The van der Waals surface area contributed by atoms with Crippen molar-refractivity contribution in [1.82, 2.24) is 15.6 Å². The average molecular weight is 458 g/mol. The number of amides is 3. The number of nitrogens with zero attached hydrogens (tertiary/aromatic N) is 2. The van der Waals surface area contributed by atoms with Gasteiger partial charge in [-0.1, -0.05) is 70.1 Å². The SMILES string of the molecule is CC(C)(C)c1cc(NC(=O)Oc2ccccc2)no1.CNC(=O)Nc1cc(C(C)(C)C)on1. The Hall–Kier alpha value is -3.82. The van der Waals surface area contributed by atoms with Crippen molar-refractivity contribution in [3.63, 3.8) is 0 Å². The third-order valence-electron chi connectivity index (χ3n) is 4.15. The van der Waals surface area contributed by atoms with Gasteiger partial charge in [-0.3, -0.25) is 10.6 Å². The molecule has 178 valence electrons. The molecule has 0 saturated heterocycles. The molecule has 2 aromatic heterocycles.